The third-order valence-electron chi connectivity index (χ3n) is 2.86. The van der Waals surface area contributed by atoms with Crippen molar-refractivity contribution < 1.29 is 23.1 Å². The van der Waals surface area contributed by atoms with Gasteiger partial charge in [0.1, 0.15) is 11.4 Å². The molecule has 0 bridgehead atoms. The fraction of sp³-hybridized carbons (Fsp3) is 0.250. The van der Waals surface area contributed by atoms with E-state index in [-0.39, 0.29) is 17.1 Å². The van der Waals surface area contributed by atoms with Crippen molar-refractivity contribution in [2.75, 3.05) is 17.6 Å². The Morgan fingerprint density at radius 3 is 2.70 bits per heavy atom. The van der Waals surface area contributed by atoms with Crippen LogP contribution in [0, 0.1) is 0 Å². The van der Waals surface area contributed by atoms with Crippen LogP contribution in [-0.4, -0.2) is 37.3 Å². The number of aromatic nitrogens is 1. The molecular weight excluding hydrogens is 284 g/mol. The summed E-state index contributed by atoms with van der Waals surface area (Å²) in [6, 6.07) is 4.86. The van der Waals surface area contributed by atoms with Gasteiger partial charge in [-0.1, -0.05) is 0 Å². The van der Waals surface area contributed by atoms with Crippen LogP contribution in [0.5, 0.6) is 5.75 Å². The van der Waals surface area contributed by atoms with Crippen molar-refractivity contribution >= 4 is 32.6 Å². The Labute approximate surface area is 115 Å². The van der Waals surface area contributed by atoms with Crippen molar-refractivity contribution in [1.29, 1.82) is 0 Å². The molecule has 7 nitrogen and oxygen atoms in total. The van der Waals surface area contributed by atoms with Crippen LogP contribution < -0.4 is 9.46 Å². The molecule has 1 heterocycles. The van der Waals surface area contributed by atoms with Crippen LogP contribution in [0.25, 0.3) is 10.9 Å². The van der Waals surface area contributed by atoms with E-state index in [1.54, 1.807) is 18.2 Å². The van der Waals surface area contributed by atoms with Crippen LogP contribution in [0.2, 0.25) is 0 Å². The maximum atomic E-state index is 11.7. The molecule has 108 valence electrons. The van der Waals surface area contributed by atoms with Crippen molar-refractivity contribution in [3.63, 3.8) is 0 Å². The smallest absolute Gasteiger partial charge is 0.354 e. The molecule has 0 saturated heterocycles. The Kier molecular flexibility index (Phi) is 3.58. The Morgan fingerprint density at radius 1 is 1.45 bits per heavy atom. The third-order valence-corrected chi connectivity index (χ3v) is 4.13. The molecule has 0 aliphatic carbocycles. The predicted molar refractivity (Wildman–Crippen MR) is 74.9 cm³/mol. The molecule has 2 rings (SSSR count). The highest BCUT2D eigenvalue weighted by Gasteiger charge is 2.21. The molecule has 0 spiro atoms. The minimum atomic E-state index is -3.58. The first-order valence-corrected chi connectivity index (χ1v) is 7.46. The van der Waals surface area contributed by atoms with Crippen LogP contribution in [0.3, 0.4) is 0 Å². The number of carboxylic acid groups (broad SMARTS) is 1. The number of aromatic carboxylic acids is 1. The van der Waals surface area contributed by atoms with Gasteiger partial charge in [-0.3, -0.25) is 4.72 Å². The van der Waals surface area contributed by atoms with Gasteiger partial charge in [0, 0.05) is 10.9 Å². The number of hydrogen-bond acceptors (Lipinski definition) is 4. The molecule has 20 heavy (non-hydrogen) atoms. The quantitative estimate of drug-likeness (QED) is 0.777. The lowest BCUT2D eigenvalue weighted by Gasteiger charge is -2.06. The number of rotatable bonds is 5. The molecular formula is C12H14N2O5S. The number of nitrogens with one attached hydrogen (secondary N) is 2. The second-order valence-corrected chi connectivity index (χ2v) is 6.11. The number of H-pyrrole nitrogens is 1. The Morgan fingerprint density at radius 2 is 2.15 bits per heavy atom. The number of hydrogen-bond donors (Lipinski definition) is 3. The minimum absolute atomic E-state index is 0.0215. The number of fused-ring (bicyclic) bond motifs is 1. The Hall–Kier alpha value is -2.22. The van der Waals surface area contributed by atoms with Crippen molar-refractivity contribution in [3.05, 3.63) is 23.9 Å². The number of carbonyl (C=O) groups is 1. The molecule has 1 aromatic carbocycles. The summed E-state index contributed by atoms with van der Waals surface area (Å²) in [5.41, 5.74) is 0.329. The van der Waals surface area contributed by atoms with Gasteiger partial charge < -0.3 is 14.8 Å². The summed E-state index contributed by atoms with van der Waals surface area (Å²) in [6.07, 6.45) is 0. The zero-order valence-electron chi connectivity index (χ0n) is 10.9. The zero-order valence-corrected chi connectivity index (χ0v) is 11.7. The first-order valence-electron chi connectivity index (χ1n) is 5.81. The predicted octanol–water partition coefficient (Wildman–Crippen LogP) is 1.64. The van der Waals surface area contributed by atoms with Gasteiger partial charge >= 0.3 is 5.97 Å². The SMILES string of the molecule is CCS(=O)(=O)Nc1c(C(=O)O)[nH]c2ccc(OC)cc12. The van der Waals surface area contributed by atoms with E-state index in [9.17, 15) is 13.2 Å². The van der Waals surface area contributed by atoms with Crippen molar-refractivity contribution in [2.24, 2.45) is 0 Å². The number of benzene rings is 1. The van der Waals surface area contributed by atoms with Crippen LogP contribution >= 0.6 is 0 Å². The van der Waals surface area contributed by atoms with E-state index in [1.807, 2.05) is 0 Å². The fourth-order valence-electron chi connectivity index (χ4n) is 1.79. The van der Waals surface area contributed by atoms with Crippen molar-refractivity contribution in [1.82, 2.24) is 4.98 Å². The first-order chi connectivity index (χ1) is 9.38. The highest BCUT2D eigenvalue weighted by atomic mass is 32.2. The lowest BCUT2D eigenvalue weighted by molar-refractivity contribution is 0.0692. The second-order valence-electron chi connectivity index (χ2n) is 4.10. The summed E-state index contributed by atoms with van der Waals surface area (Å²) in [5.74, 6) is -0.887. The average molecular weight is 298 g/mol. The van der Waals surface area contributed by atoms with Crippen LogP contribution in [0.4, 0.5) is 5.69 Å². The summed E-state index contributed by atoms with van der Waals surface area (Å²) in [4.78, 5) is 13.9. The lowest BCUT2D eigenvalue weighted by atomic mass is 10.2. The molecule has 0 saturated carbocycles. The van der Waals surface area contributed by atoms with Crippen LogP contribution in [0.15, 0.2) is 18.2 Å². The van der Waals surface area contributed by atoms with E-state index >= 15 is 0 Å². The topological polar surface area (TPSA) is 108 Å². The number of sulfonamides is 1. The number of carboxylic acids is 1. The van der Waals surface area contributed by atoms with Gasteiger partial charge in [-0.05, 0) is 25.1 Å². The number of ether oxygens (including phenoxy) is 1. The normalized spacial score (nSPS) is 11.5. The van der Waals surface area contributed by atoms with Crippen molar-refractivity contribution in [3.8, 4) is 5.75 Å². The van der Waals surface area contributed by atoms with Gasteiger partial charge in [-0.25, -0.2) is 13.2 Å². The molecule has 3 N–H and O–H groups in total. The average Bonchev–Trinajstić information content (AvgIpc) is 2.76. The second kappa shape index (κ2) is 5.04. The van der Waals surface area contributed by atoms with E-state index in [2.05, 4.69) is 9.71 Å². The van der Waals surface area contributed by atoms with E-state index < -0.39 is 16.0 Å². The van der Waals surface area contributed by atoms with E-state index in [0.29, 0.717) is 16.7 Å². The Bertz CT molecular complexity index is 763. The minimum Gasteiger partial charge on any atom is -0.497 e. The van der Waals surface area contributed by atoms with Gasteiger partial charge in [0.15, 0.2) is 0 Å². The lowest BCUT2D eigenvalue weighted by Crippen LogP contribution is -2.16. The molecule has 0 aliphatic heterocycles. The third kappa shape index (κ3) is 2.55. The van der Waals surface area contributed by atoms with E-state index in [1.165, 1.54) is 14.0 Å². The van der Waals surface area contributed by atoms with E-state index in [0.717, 1.165) is 0 Å². The van der Waals surface area contributed by atoms with Gasteiger partial charge in [0.2, 0.25) is 10.0 Å². The summed E-state index contributed by atoms with van der Waals surface area (Å²) in [6.45, 7) is 1.47. The zero-order chi connectivity index (χ0) is 14.9. The standard InChI is InChI=1S/C12H14N2O5S/c1-3-20(17,18)14-10-8-6-7(19-2)4-5-9(8)13-11(10)12(15)16/h4-6,13-14H,3H2,1-2H3,(H,15,16). The summed E-state index contributed by atoms with van der Waals surface area (Å²) < 4.78 is 30.7. The maximum absolute atomic E-state index is 11.7. The van der Waals surface area contributed by atoms with Gasteiger partial charge in [0.05, 0.1) is 18.6 Å². The van der Waals surface area contributed by atoms with Crippen LogP contribution in [-0.2, 0) is 10.0 Å². The molecule has 0 amide bonds. The molecule has 8 heteroatoms. The summed E-state index contributed by atoms with van der Waals surface area (Å²) in [7, 11) is -2.11. The van der Waals surface area contributed by atoms with Gasteiger partial charge in [-0.2, -0.15) is 0 Å². The summed E-state index contributed by atoms with van der Waals surface area (Å²) in [5, 5.41) is 9.61. The number of anilines is 1. The molecule has 0 aliphatic rings. The van der Waals surface area contributed by atoms with Crippen LogP contribution in [0.1, 0.15) is 17.4 Å². The highest BCUT2D eigenvalue weighted by Crippen LogP contribution is 2.31. The maximum Gasteiger partial charge on any atom is 0.354 e. The Balaban J connectivity index is 2.69. The molecule has 2 aromatic rings. The molecule has 0 atom stereocenters. The molecule has 0 fully saturated rings. The number of aromatic amines is 1. The molecule has 0 unspecified atom stereocenters. The highest BCUT2D eigenvalue weighted by molar-refractivity contribution is 7.92. The first kappa shape index (κ1) is 14.2. The molecule has 0 radical (unpaired) electrons. The fourth-order valence-corrected chi connectivity index (χ4v) is 2.46. The van der Waals surface area contributed by atoms with Gasteiger partial charge in [-0.15, -0.1) is 0 Å². The summed E-state index contributed by atoms with van der Waals surface area (Å²) >= 11 is 0. The van der Waals surface area contributed by atoms with Crippen molar-refractivity contribution in [2.45, 2.75) is 6.92 Å². The largest absolute Gasteiger partial charge is 0.497 e. The monoisotopic (exact) mass is 298 g/mol. The van der Waals surface area contributed by atoms with E-state index in [4.69, 9.17) is 9.84 Å². The van der Waals surface area contributed by atoms with Gasteiger partial charge in [0.25, 0.3) is 0 Å². The molecule has 1 aromatic heterocycles. The number of methoxy groups -OCH3 is 1.